The fourth-order valence-electron chi connectivity index (χ4n) is 5.73. The van der Waals surface area contributed by atoms with Crippen molar-refractivity contribution in [3.05, 3.63) is 138 Å². The fraction of sp³-hybridized carbons (Fsp3) is 0.273. The summed E-state index contributed by atoms with van der Waals surface area (Å²) in [5.74, 6) is 0.842. The van der Waals surface area contributed by atoms with Crippen molar-refractivity contribution in [2.24, 2.45) is 0 Å². The van der Waals surface area contributed by atoms with E-state index in [4.69, 9.17) is 9.47 Å². The Morgan fingerprint density at radius 1 is 0.684 bits per heavy atom. The second-order valence-corrected chi connectivity index (χ2v) is 10.1. The van der Waals surface area contributed by atoms with E-state index in [1.165, 1.54) is 16.7 Å². The largest absolute Gasteiger partial charge is 1.00 e. The number of nitrogens with zero attached hydrogens (tertiary/aromatic N) is 1. The van der Waals surface area contributed by atoms with E-state index in [2.05, 4.69) is 84.9 Å². The molecule has 1 N–H and O–H groups in total. The maximum Gasteiger partial charge on any atom is 0.138 e. The zero-order valence-corrected chi connectivity index (χ0v) is 22.6. The molecule has 1 aliphatic heterocycles. The Labute approximate surface area is 232 Å². The lowest BCUT2D eigenvalue weighted by Gasteiger charge is -2.41. The minimum absolute atomic E-state index is 0. The Hall–Kier alpha value is -3.15. The van der Waals surface area contributed by atoms with Gasteiger partial charge in [0.2, 0.25) is 0 Å². The molecule has 0 radical (unpaired) electrons. The van der Waals surface area contributed by atoms with Crippen molar-refractivity contribution >= 4 is 0 Å². The number of ether oxygens (including phenoxy) is 2. The average Bonchev–Trinajstić information content (AvgIpc) is 3.19. The van der Waals surface area contributed by atoms with Gasteiger partial charge in [-0.25, -0.2) is 0 Å². The van der Waals surface area contributed by atoms with Crippen LogP contribution in [-0.4, -0.2) is 41.5 Å². The molecule has 5 rings (SSSR count). The number of hydrogen-bond donors (Lipinski definition) is 1. The lowest BCUT2D eigenvalue weighted by molar-refractivity contribution is -0.966. The molecule has 4 aromatic rings. The summed E-state index contributed by atoms with van der Waals surface area (Å²) in [6.45, 7) is 2.91. The number of likely N-dealkylation sites (tertiary alicyclic amines) is 1. The van der Waals surface area contributed by atoms with E-state index in [0.717, 1.165) is 41.9 Å². The Bertz CT molecular complexity index is 1190. The van der Waals surface area contributed by atoms with Gasteiger partial charge in [0.05, 0.1) is 13.7 Å². The van der Waals surface area contributed by atoms with Gasteiger partial charge >= 0.3 is 0 Å². The highest BCUT2D eigenvalue weighted by atomic mass is 35.5. The first-order chi connectivity index (χ1) is 18.1. The zero-order chi connectivity index (χ0) is 25.5. The number of halogens is 1. The van der Waals surface area contributed by atoms with E-state index in [-0.39, 0.29) is 24.6 Å². The minimum atomic E-state index is -0.585. The highest BCUT2D eigenvalue weighted by Crippen LogP contribution is 2.37. The molecule has 4 nitrogen and oxygen atoms in total. The molecule has 38 heavy (non-hydrogen) atoms. The maximum absolute atomic E-state index is 11.8. The Balaban J connectivity index is 0.00000336. The molecule has 0 saturated carbocycles. The van der Waals surface area contributed by atoms with Crippen molar-refractivity contribution < 1.29 is 31.5 Å². The first-order valence-electron chi connectivity index (χ1n) is 13.1. The van der Waals surface area contributed by atoms with Crippen molar-refractivity contribution in [3.63, 3.8) is 0 Å². The first-order valence-corrected chi connectivity index (χ1v) is 13.1. The number of aliphatic hydroxyl groups excluding tert-OH is 1. The van der Waals surface area contributed by atoms with Crippen molar-refractivity contribution in [1.82, 2.24) is 0 Å². The van der Waals surface area contributed by atoms with Gasteiger partial charge in [-0.2, -0.15) is 0 Å². The Kier molecular flexibility index (Phi) is 9.59. The van der Waals surface area contributed by atoms with Gasteiger partial charge in [-0.15, -0.1) is 0 Å². The van der Waals surface area contributed by atoms with Gasteiger partial charge in [-0.3, -0.25) is 0 Å². The van der Waals surface area contributed by atoms with Crippen LogP contribution in [0, 0.1) is 0 Å². The Morgan fingerprint density at radius 3 is 1.68 bits per heavy atom. The summed E-state index contributed by atoms with van der Waals surface area (Å²) in [5, 5.41) is 11.8. The summed E-state index contributed by atoms with van der Waals surface area (Å²) in [7, 11) is 1.69. The second kappa shape index (κ2) is 13.1. The maximum atomic E-state index is 11.8. The highest BCUT2D eigenvalue weighted by molar-refractivity contribution is 5.28. The summed E-state index contributed by atoms with van der Waals surface area (Å²) < 4.78 is 12.6. The number of aliphatic hydroxyl groups is 1. The molecule has 3 atom stereocenters. The van der Waals surface area contributed by atoms with E-state index >= 15 is 0 Å². The average molecular weight is 530 g/mol. The van der Waals surface area contributed by atoms with Gasteiger partial charge in [0.15, 0.2) is 0 Å². The van der Waals surface area contributed by atoms with E-state index in [0.29, 0.717) is 6.61 Å². The van der Waals surface area contributed by atoms with E-state index in [1.807, 2.05) is 30.3 Å². The highest BCUT2D eigenvalue weighted by Gasteiger charge is 2.53. The SMILES string of the molecule is COc1ccc(C[C@@H]2[C@H](O)[C@@H](OCc3ccccc3)C[N+]2(Cc2ccccc2)Cc2ccccc2)cc1.[Cl-]. The van der Waals surface area contributed by atoms with Gasteiger partial charge in [0.1, 0.15) is 43.6 Å². The van der Waals surface area contributed by atoms with Crippen LogP contribution in [0.5, 0.6) is 5.75 Å². The lowest BCUT2D eigenvalue weighted by atomic mass is 9.98. The predicted molar refractivity (Wildman–Crippen MR) is 147 cm³/mol. The normalized spacial score (nSPS) is 20.0. The summed E-state index contributed by atoms with van der Waals surface area (Å²) in [6, 6.07) is 39.7. The van der Waals surface area contributed by atoms with Crippen LogP contribution in [-0.2, 0) is 30.9 Å². The molecular weight excluding hydrogens is 494 g/mol. The molecule has 0 unspecified atom stereocenters. The van der Waals surface area contributed by atoms with Crippen molar-refractivity contribution in [2.45, 2.75) is 44.4 Å². The van der Waals surface area contributed by atoms with Crippen LogP contribution >= 0.6 is 0 Å². The molecule has 5 heteroatoms. The minimum Gasteiger partial charge on any atom is -1.00 e. The van der Waals surface area contributed by atoms with Crippen molar-refractivity contribution in [2.75, 3.05) is 13.7 Å². The lowest BCUT2D eigenvalue weighted by Crippen LogP contribution is -3.00. The number of methoxy groups -OCH3 is 1. The molecule has 1 saturated heterocycles. The number of benzene rings is 4. The number of rotatable bonds is 10. The molecule has 0 bridgehead atoms. The van der Waals surface area contributed by atoms with Crippen LogP contribution in [0.3, 0.4) is 0 Å². The summed E-state index contributed by atoms with van der Waals surface area (Å²) in [5.41, 5.74) is 4.86. The molecule has 0 aliphatic carbocycles. The van der Waals surface area contributed by atoms with Gasteiger partial charge in [0, 0.05) is 17.5 Å². The van der Waals surface area contributed by atoms with E-state index in [1.54, 1.807) is 7.11 Å². The fourth-order valence-corrected chi connectivity index (χ4v) is 5.73. The summed E-state index contributed by atoms with van der Waals surface area (Å²) in [6.07, 6.45) is -0.0788. The molecule has 0 aromatic heterocycles. The standard InChI is InChI=1S/C33H36NO3.ClH/c1-36-30-19-17-26(18-20-30)21-31-33(35)32(37-25-29-15-9-4-10-16-29)24-34(31,22-27-11-5-2-6-12-27)23-28-13-7-3-8-14-28;/h2-20,31-33,35H,21-25H2,1H3;1H/q+1;/p-1/t31-,32+,33+;/m1./s1. The van der Waals surface area contributed by atoms with E-state index in [9.17, 15) is 5.11 Å². The Morgan fingerprint density at radius 2 is 1.18 bits per heavy atom. The molecule has 0 spiro atoms. The predicted octanol–water partition coefficient (Wildman–Crippen LogP) is 2.79. The number of hydrogen-bond acceptors (Lipinski definition) is 3. The topological polar surface area (TPSA) is 38.7 Å². The zero-order valence-electron chi connectivity index (χ0n) is 21.8. The van der Waals surface area contributed by atoms with Crippen LogP contribution < -0.4 is 17.1 Å². The van der Waals surface area contributed by atoms with Crippen LogP contribution in [0.25, 0.3) is 0 Å². The monoisotopic (exact) mass is 529 g/mol. The molecular formula is C33H36ClNO3. The molecule has 1 aliphatic rings. The molecule has 1 fully saturated rings. The van der Waals surface area contributed by atoms with Gasteiger partial charge in [0.25, 0.3) is 0 Å². The quantitative estimate of drug-likeness (QED) is 0.321. The van der Waals surface area contributed by atoms with Gasteiger partial charge < -0.3 is 31.5 Å². The van der Waals surface area contributed by atoms with E-state index < -0.39 is 6.10 Å². The summed E-state index contributed by atoms with van der Waals surface area (Å²) in [4.78, 5) is 0. The smallest absolute Gasteiger partial charge is 0.138 e. The molecule has 0 amide bonds. The molecule has 1 heterocycles. The van der Waals surface area contributed by atoms with Crippen molar-refractivity contribution in [3.8, 4) is 5.75 Å². The second-order valence-electron chi connectivity index (χ2n) is 10.1. The first kappa shape index (κ1) is 27.9. The van der Waals surface area contributed by atoms with Gasteiger partial charge in [-0.05, 0) is 23.3 Å². The van der Waals surface area contributed by atoms with Crippen LogP contribution in [0.2, 0.25) is 0 Å². The number of quaternary nitrogens is 1. The third-order valence-corrected chi connectivity index (χ3v) is 7.61. The molecule has 4 aromatic carbocycles. The third-order valence-electron chi connectivity index (χ3n) is 7.61. The van der Waals surface area contributed by atoms with Crippen LogP contribution in [0.1, 0.15) is 22.3 Å². The molecule has 198 valence electrons. The third kappa shape index (κ3) is 6.64. The van der Waals surface area contributed by atoms with Crippen molar-refractivity contribution in [1.29, 1.82) is 0 Å². The van der Waals surface area contributed by atoms with Crippen LogP contribution in [0.15, 0.2) is 115 Å². The summed E-state index contributed by atoms with van der Waals surface area (Å²) >= 11 is 0. The van der Waals surface area contributed by atoms with Gasteiger partial charge in [-0.1, -0.05) is 103 Å². The van der Waals surface area contributed by atoms with Crippen LogP contribution in [0.4, 0.5) is 0 Å².